The average molecular weight is 253 g/mol. The van der Waals surface area contributed by atoms with Crippen LogP contribution in [0.15, 0.2) is 18.2 Å². The lowest BCUT2D eigenvalue weighted by atomic mass is 10.1. The molecule has 0 aliphatic carbocycles. The summed E-state index contributed by atoms with van der Waals surface area (Å²) >= 11 is 1.67. The molecule has 5 heteroatoms. The first-order valence-electron chi connectivity index (χ1n) is 5.30. The predicted octanol–water partition coefficient (Wildman–Crippen LogP) is 2.11. The smallest absolute Gasteiger partial charge is 0.299 e. The molecule has 90 valence electrons. The third-order valence-electron chi connectivity index (χ3n) is 2.66. The van der Waals surface area contributed by atoms with E-state index in [-0.39, 0.29) is 0 Å². The summed E-state index contributed by atoms with van der Waals surface area (Å²) in [5.74, 6) is -0.611. The average Bonchev–Trinajstić information content (AvgIpc) is 2.54. The van der Waals surface area contributed by atoms with E-state index >= 15 is 0 Å². The Morgan fingerprint density at radius 1 is 1.35 bits per heavy atom. The van der Waals surface area contributed by atoms with E-state index in [9.17, 15) is 14.0 Å². The quantitative estimate of drug-likeness (QED) is 0.609. The van der Waals surface area contributed by atoms with Crippen molar-refractivity contribution in [3.05, 3.63) is 29.6 Å². The lowest BCUT2D eigenvalue weighted by Gasteiger charge is -2.15. The summed E-state index contributed by atoms with van der Waals surface area (Å²) in [6.07, 6.45) is 2.76. The number of thioether (sulfide) groups is 1. The van der Waals surface area contributed by atoms with Gasteiger partial charge in [0.1, 0.15) is 5.82 Å². The highest BCUT2D eigenvalue weighted by molar-refractivity contribution is 7.98. The van der Waals surface area contributed by atoms with Crippen molar-refractivity contribution in [3.63, 3.8) is 0 Å². The van der Waals surface area contributed by atoms with E-state index in [0.717, 1.165) is 12.2 Å². The molecule has 0 unspecified atom stereocenters. The normalized spacial score (nSPS) is 14.4. The number of amides is 1. The van der Waals surface area contributed by atoms with Crippen LogP contribution in [0.5, 0.6) is 0 Å². The maximum atomic E-state index is 13.1. The first-order valence-corrected chi connectivity index (χ1v) is 6.69. The van der Waals surface area contributed by atoms with Crippen LogP contribution in [0.4, 0.5) is 10.1 Å². The Bertz CT molecular complexity index is 476. The number of hydrogen-bond donors (Lipinski definition) is 0. The Morgan fingerprint density at radius 2 is 2.12 bits per heavy atom. The van der Waals surface area contributed by atoms with E-state index in [1.807, 2.05) is 6.26 Å². The molecule has 1 amide bonds. The molecule has 0 aromatic heterocycles. The number of Topliss-reactive ketones (excluding diaryl/α,β-unsaturated/α-hetero) is 1. The molecular formula is C12H12FNO2S. The van der Waals surface area contributed by atoms with Gasteiger partial charge in [-0.15, -0.1) is 0 Å². The molecule has 2 rings (SSSR count). The summed E-state index contributed by atoms with van der Waals surface area (Å²) in [5, 5.41) is 0. The standard InChI is InChI=1S/C12H12FNO2S/c1-17-6-2-5-14-10-7-8(13)3-4-9(10)11(15)12(14)16/h3-4,7H,2,5-6H2,1H3. The van der Waals surface area contributed by atoms with Gasteiger partial charge in [-0.25, -0.2) is 4.39 Å². The van der Waals surface area contributed by atoms with Gasteiger partial charge >= 0.3 is 0 Å². The molecule has 0 spiro atoms. The third-order valence-corrected chi connectivity index (χ3v) is 3.36. The summed E-state index contributed by atoms with van der Waals surface area (Å²) < 4.78 is 13.1. The molecule has 0 saturated carbocycles. The maximum Gasteiger partial charge on any atom is 0.299 e. The fourth-order valence-electron chi connectivity index (χ4n) is 1.86. The monoisotopic (exact) mass is 253 g/mol. The molecule has 1 heterocycles. The first-order chi connectivity index (χ1) is 8.15. The van der Waals surface area contributed by atoms with E-state index in [4.69, 9.17) is 0 Å². The van der Waals surface area contributed by atoms with Crippen molar-refractivity contribution in [2.45, 2.75) is 6.42 Å². The SMILES string of the molecule is CSCCCN1C(=O)C(=O)c2ccc(F)cc21. The van der Waals surface area contributed by atoms with Crippen molar-refractivity contribution < 1.29 is 14.0 Å². The number of rotatable bonds is 4. The molecular weight excluding hydrogens is 241 g/mol. The van der Waals surface area contributed by atoms with Crippen molar-refractivity contribution in [1.29, 1.82) is 0 Å². The van der Waals surface area contributed by atoms with Crippen LogP contribution in [0, 0.1) is 5.82 Å². The number of hydrogen-bond acceptors (Lipinski definition) is 3. The Labute approximate surface area is 103 Å². The molecule has 0 atom stereocenters. The molecule has 0 N–H and O–H groups in total. The van der Waals surface area contributed by atoms with E-state index in [1.54, 1.807) is 11.8 Å². The molecule has 1 aliphatic heterocycles. The minimum Gasteiger partial charge on any atom is -0.305 e. The number of nitrogens with zero attached hydrogens (tertiary/aromatic N) is 1. The van der Waals surface area contributed by atoms with Crippen LogP contribution in [0.1, 0.15) is 16.8 Å². The summed E-state index contributed by atoms with van der Waals surface area (Å²) in [6.45, 7) is 0.460. The number of halogens is 1. The zero-order valence-electron chi connectivity index (χ0n) is 9.40. The van der Waals surface area contributed by atoms with Crippen molar-refractivity contribution in [2.75, 3.05) is 23.5 Å². The highest BCUT2D eigenvalue weighted by atomic mass is 32.2. The van der Waals surface area contributed by atoms with Gasteiger partial charge in [-0.2, -0.15) is 11.8 Å². The van der Waals surface area contributed by atoms with Crippen molar-refractivity contribution in [2.24, 2.45) is 0 Å². The van der Waals surface area contributed by atoms with Crippen LogP contribution in [0.25, 0.3) is 0 Å². The first kappa shape index (κ1) is 12.1. The van der Waals surface area contributed by atoms with Crippen molar-refractivity contribution in [3.8, 4) is 0 Å². The molecule has 0 fully saturated rings. The van der Waals surface area contributed by atoms with Gasteiger partial charge in [0.25, 0.3) is 11.7 Å². The lowest BCUT2D eigenvalue weighted by molar-refractivity contribution is -0.114. The number of anilines is 1. The number of benzene rings is 1. The second-order valence-corrected chi connectivity index (χ2v) is 4.78. The third kappa shape index (κ3) is 2.20. The van der Waals surface area contributed by atoms with E-state index in [0.29, 0.717) is 17.8 Å². The van der Waals surface area contributed by atoms with Gasteiger partial charge in [0.15, 0.2) is 0 Å². The summed E-state index contributed by atoms with van der Waals surface area (Å²) in [4.78, 5) is 24.7. The lowest BCUT2D eigenvalue weighted by Crippen LogP contribution is -2.30. The number of carbonyl (C=O) groups excluding carboxylic acids is 2. The molecule has 0 bridgehead atoms. The van der Waals surface area contributed by atoms with Crippen molar-refractivity contribution >= 4 is 29.1 Å². The van der Waals surface area contributed by atoms with E-state index in [2.05, 4.69) is 0 Å². The molecule has 3 nitrogen and oxygen atoms in total. The molecule has 0 saturated heterocycles. The highest BCUT2D eigenvalue weighted by Crippen LogP contribution is 2.29. The molecule has 0 radical (unpaired) electrons. The number of carbonyl (C=O) groups is 2. The zero-order chi connectivity index (χ0) is 12.4. The van der Waals surface area contributed by atoms with Crippen LogP contribution < -0.4 is 4.90 Å². The molecule has 17 heavy (non-hydrogen) atoms. The van der Waals surface area contributed by atoms with Gasteiger partial charge in [-0.3, -0.25) is 9.59 Å². The Hall–Kier alpha value is -1.36. The second-order valence-electron chi connectivity index (χ2n) is 3.79. The zero-order valence-corrected chi connectivity index (χ0v) is 10.2. The van der Waals surface area contributed by atoms with E-state index < -0.39 is 17.5 Å². The van der Waals surface area contributed by atoms with Gasteiger partial charge in [0.2, 0.25) is 0 Å². The van der Waals surface area contributed by atoms with Crippen LogP contribution in [-0.4, -0.2) is 30.2 Å². The summed E-state index contributed by atoms with van der Waals surface area (Å²) in [6, 6.07) is 3.83. The van der Waals surface area contributed by atoms with Gasteiger partial charge in [0.05, 0.1) is 11.3 Å². The van der Waals surface area contributed by atoms with Gasteiger partial charge in [-0.1, -0.05) is 0 Å². The summed E-state index contributed by atoms with van der Waals surface area (Å²) in [7, 11) is 0. The van der Waals surface area contributed by atoms with Crippen LogP contribution in [0.3, 0.4) is 0 Å². The van der Waals surface area contributed by atoms with Crippen LogP contribution in [-0.2, 0) is 4.79 Å². The van der Waals surface area contributed by atoms with Gasteiger partial charge in [-0.05, 0) is 36.6 Å². The fraction of sp³-hybridized carbons (Fsp3) is 0.333. The Morgan fingerprint density at radius 3 is 2.82 bits per heavy atom. The Kier molecular flexibility index (Phi) is 3.47. The molecule has 1 aliphatic rings. The maximum absolute atomic E-state index is 13.1. The largest absolute Gasteiger partial charge is 0.305 e. The number of ketones is 1. The molecule has 1 aromatic rings. The van der Waals surface area contributed by atoms with Crippen LogP contribution >= 0.6 is 11.8 Å². The topological polar surface area (TPSA) is 37.4 Å². The number of fused-ring (bicyclic) bond motifs is 1. The van der Waals surface area contributed by atoms with Gasteiger partial charge in [0, 0.05) is 6.54 Å². The second kappa shape index (κ2) is 4.87. The minimum atomic E-state index is -0.549. The highest BCUT2D eigenvalue weighted by Gasteiger charge is 2.35. The van der Waals surface area contributed by atoms with E-state index in [1.165, 1.54) is 23.1 Å². The van der Waals surface area contributed by atoms with Gasteiger partial charge < -0.3 is 4.90 Å². The predicted molar refractivity (Wildman–Crippen MR) is 66.1 cm³/mol. The minimum absolute atomic E-state index is 0.306. The summed E-state index contributed by atoms with van der Waals surface area (Å²) in [5.41, 5.74) is 0.710. The fourth-order valence-corrected chi connectivity index (χ4v) is 2.27. The molecule has 1 aromatic carbocycles. The Balaban J connectivity index is 2.26. The van der Waals surface area contributed by atoms with Crippen LogP contribution in [0.2, 0.25) is 0 Å². The van der Waals surface area contributed by atoms with Crippen molar-refractivity contribution in [1.82, 2.24) is 0 Å².